The number of nitrogens with zero attached hydrogens (tertiary/aromatic N) is 2. The van der Waals surface area contributed by atoms with Crippen LogP contribution in [-0.4, -0.2) is 41.1 Å². The lowest BCUT2D eigenvalue weighted by Crippen LogP contribution is -2.39. The van der Waals surface area contributed by atoms with E-state index in [0.717, 1.165) is 44.1 Å². The van der Waals surface area contributed by atoms with Crippen molar-refractivity contribution in [1.29, 1.82) is 0 Å². The molecule has 3 fully saturated rings. The molecule has 20 heavy (non-hydrogen) atoms. The largest absolute Gasteiger partial charge is 0.340 e. The lowest BCUT2D eigenvalue weighted by Gasteiger charge is -2.30. The Morgan fingerprint density at radius 2 is 2.00 bits per heavy atom. The maximum Gasteiger partial charge on any atom is 0.270 e. The van der Waals surface area contributed by atoms with Crippen LogP contribution < -0.4 is 5.32 Å². The first-order chi connectivity index (χ1) is 9.83. The molecule has 1 aromatic heterocycles. The number of carbonyl (C=O) groups excluding carboxylic acids is 1. The van der Waals surface area contributed by atoms with E-state index in [1.54, 1.807) is 0 Å². The first-order valence-corrected chi connectivity index (χ1v) is 8.01. The Hall–Kier alpha value is -1.29. The zero-order chi connectivity index (χ0) is 13.5. The van der Waals surface area contributed by atoms with Crippen LogP contribution in [0, 0.1) is 5.92 Å². The number of likely N-dealkylation sites (tertiary alicyclic amines) is 1. The summed E-state index contributed by atoms with van der Waals surface area (Å²) in [5.41, 5.74) is 0.907. The van der Waals surface area contributed by atoms with Gasteiger partial charge in [-0.05, 0) is 63.2 Å². The Labute approximate surface area is 120 Å². The first kappa shape index (κ1) is 12.5. The molecular formula is C16H23N3O. The number of nitrogens with one attached hydrogen (secondary N) is 1. The molecule has 2 saturated heterocycles. The molecule has 3 heterocycles. The van der Waals surface area contributed by atoms with Crippen molar-refractivity contribution in [3.05, 3.63) is 24.0 Å². The fourth-order valence-corrected chi connectivity index (χ4v) is 4.30. The summed E-state index contributed by atoms with van der Waals surface area (Å²) >= 11 is 0. The summed E-state index contributed by atoms with van der Waals surface area (Å²) in [5.74, 6) is 1.03. The zero-order valence-corrected chi connectivity index (χ0v) is 11.9. The zero-order valence-electron chi connectivity index (χ0n) is 11.9. The molecule has 4 rings (SSSR count). The molecule has 3 aliphatic rings. The molecule has 0 aromatic carbocycles. The molecule has 1 aromatic rings. The number of hydrogen-bond donors (Lipinski definition) is 1. The van der Waals surface area contributed by atoms with E-state index in [1.807, 2.05) is 12.1 Å². The second-order valence-corrected chi connectivity index (χ2v) is 6.57. The molecule has 2 bridgehead atoms. The molecule has 2 unspecified atom stereocenters. The summed E-state index contributed by atoms with van der Waals surface area (Å²) in [7, 11) is 0. The average molecular weight is 273 g/mol. The Morgan fingerprint density at radius 1 is 1.15 bits per heavy atom. The monoisotopic (exact) mass is 273 g/mol. The van der Waals surface area contributed by atoms with Crippen LogP contribution in [0.2, 0.25) is 0 Å². The number of fused-ring (bicyclic) bond motifs is 2. The molecule has 0 spiro atoms. The number of rotatable bonds is 2. The van der Waals surface area contributed by atoms with E-state index in [0.29, 0.717) is 12.1 Å². The summed E-state index contributed by atoms with van der Waals surface area (Å²) in [6.45, 7) is 3.11. The highest BCUT2D eigenvalue weighted by molar-refractivity contribution is 5.93. The third kappa shape index (κ3) is 1.97. The minimum absolute atomic E-state index is 0.265. The molecule has 2 aliphatic heterocycles. The van der Waals surface area contributed by atoms with E-state index < -0.39 is 0 Å². The molecule has 1 N–H and O–H groups in total. The Kier molecular flexibility index (Phi) is 3.06. The van der Waals surface area contributed by atoms with E-state index in [-0.39, 0.29) is 5.91 Å². The van der Waals surface area contributed by atoms with E-state index in [1.165, 1.54) is 19.3 Å². The summed E-state index contributed by atoms with van der Waals surface area (Å²) in [5, 5.41) is 3.39. The van der Waals surface area contributed by atoms with Crippen molar-refractivity contribution in [3.8, 4) is 0 Å². The van der Waals surface area contributed by atoms with Crippen LogP contribution >= 0.6 is 0 Å². The van der Waals surface area contributed by atoms with Gasteiger partial charge in [-0.1, -0.05) is 0 Å². The SMILES string of the molecule is O=C(c1cccn1C1CCNCC1)N1CC2CCC1C2. The van der Waals surface area contributed by atoms with Crippen molar-refractivity contribution in [2.24, 2.45) is 5.92 Å². The van der Waals surface area contributed by atoms with Crippen LogP contribution in [0.3, 0.4) is 0 Å². The lowest BCUT2D eigenvalue weighted by atomic mass is 10.1. The fourth-order valence-electron chi connectivity index (χ4n) is 4.30. The van der Waals surface area contributed by atoms with Gasteiger partial charge < -0.3 is 14.8 Å². The second kappa shape index (κ2) is 4.92. The van der Waals surface area contributed by atoms with Crippen molar-refractivity contribution in [2.75, 3.05) is 19.6 Å². The normalized spacial score (nSPS) is 30.1. The van der Waals surface area contributed by atoms with Gasteiger partial charge >= 0.3 is 0 Å². The van der Waals surface area contributed by atoms with Crippen LogP contribution in [0.25, 0.3) is 0 Å². The van der Waals surface area contributed by atoms with Crippen molar-refractivity contribution in [2.45, 2.75) is 44.2 Å². The van der Waals surface area contributed by atoms with Gasteiger partial charge in [0.25, 0.3) is 5.91 Å². The molecule has 1 saturated carbocycles. The van der Waals surface area contributed by atoms with Gasteiger partial charge in [0.15, 0.2) is 0 Å². The van der Waals surface area contributed by atoms with E-state index >= 15 is 0 Å². The van der Waals surface area contributed by atoms with E-state index in [4.69, 9.17) is 0 Å². The Morgan fingerprint density at radius 3 is 2.70 bits per heavy atom. The topological polar surface area (TPSA) is 37.3 Å². The summed E-state index contributed by atoms with van der Waals surface area (Å²) in [6, 6.07) is 5.05. The highest BCUT2D eigenvalue weighted by Gasteiger charge is 2.41. The molecule has 4 nitrogen and oxygen atoms in total. The van der Waals surface area contributed by atoms with Crippen molar-refractivity contribution < 1.29 is 4.79 Å². The minimum Gasteiger partial charge on any atom is -0.340 e. The van der Waals surface area contributed by atoms with Gasteiger partial charge in [0.2, 0.25) is 0 Å². The average Bonchev–Trinajstić information content (AvgIpc) is 3.23. The van der Waals surface area contributed by atoms with Gasteiger partial charge in [0.05, 0.1) is 0 Å². The third-order valence-corrected chi connectivity index (χ3v) is 5.37. The summed E-state index contributed by atoms with van der Waals surface area (Å²) in [4.78, 5) is 15.0. The highest BCUT2D eigenvalue weighted by Crippen LogP contribution is 2.38. The van der Waals surface area contributed by atoms with Gasteiger partial charge in [-0.3, -0.25) is 4.79 Å². The maximum atomic E-state index is 12.9. The molecule has 1 amide bonds. The van der Waals surface area contributed by atoms with Gasteiger partial charge in [-0.2, -0.15) is 0 Å². The number of piperidine rings is 2. The van der Waals surface area contributed by atoms with Crippen LogP contribution in [0.1, 0.15) is 48.6 Å². The molecular weight excluding hydrogens is 250 g/mol. The molecule has 4 heteroatoms. The molecule has 1 aliphatic carbocycles. The van der Waals surface area contributed by atoms with Crippen LogP contribution in [-0.2, 0) is 0 Å². The van der Waals surface area contributed by atoms with Crippen LogP contribution in [0.4, 0.5) is 0 Å². The second-order valence-electron chi connectivity index (χ2n) is 6.57. The van der Waals surface area contributed by atoms with E-state index in [9.17, 15) is 4.79 Å². The van der Waals surface area contributed by atoms with Crippen LogP contribution in [0.15, 0.2) is 18.3 Å². The molecule has 108 valence electrons. The van der Waals surface area contributed by atoms with Gasteiger partial charge in [-0.25, -0.2) is 0 Å². The Bertz CT molecular complexity index is 504. The number of aromatic nitrogens is 1. The maximum absolute atomic E-state index is 12.9. The minimum atomic E-state index is 0.265. The van der Waals surface area contributed by atoms with Gasteiger partial charge in [0, 0.05) is 24.8 Å². The smallest absolute Gasteiger partial charge is 0.270 e. The number of carbonyl (C=O) groups is 1. The fraction of sp³-hybridized carbons (Fsp3) is 0.688. The third-order valence-electron chi connectivity index (χ3n) is 5.37. The standard InChI is InChI=1S/C16H23N3O/c20-16(19-11-12-3-4-14(19)10-12)15-2-1-9-18(15)13-5-7-17-8-6-13/h1-2,9,12-14,17H,3-8,10-11H2. The number of amides is 1. The highest BCUT2D eigenvalue weighted by atomic mass is 16.2. The first-order valence-electron chi connectivity index (χ1n) is 8.01. The van der Waals surface area contributed by atoms with Crippen molar-refractivity contribution in [3.63, 3.8) is 0 Å². The van der Waals surface area contributed by atoms with E-state index in [2.05, 4.69) is 21.0 Å². The lowest BCUT2D eigenvalue weighted by molar-refractivity contribution is 0.0689. The van der Waals surface area contributed by atoms with Gasteiger partial charge in [0.1, 0.15) is 5.69 Å². The summed E-state index contributed by atoms with van der Waals surface area (Å²) in [6.07, 6.45) is 8.12. The molecule has 0 radical (unpaired) electrons. The molecule has 2 atom stereocenters. The number of hydrogen-bond acceptors (Lipinski definition) is 2. The van der Waals surface area contributed by atoms with Crippen molar-refractivity contribution in [1.82, 2.24) is 14.8 Å². The van der Waals surface area contributed by atoms with Gasteiger partial charge in [-0.15, -0.1) is 0 Å². The predicted octanol–water partition coefficient (Wildman–Crippen LogP) is 2.04. The predicted molar refractivity (Wildman–Crippen MR) is 77.7 cm³/mol. The quantitative estimate of drug-likeness (QED) is 0.895. The van der Waals surface area contributed by atoms with Crippen molar-refractivity contribution >= 4 is 5.91 Å². The van der Waals surface area contributed by atoms with Crippen LogP contribution in [0.5, 0.6) is 0 Å². The summed E-state index contributed by atoms with van der Waals surface area (Å²) < 4.78 is 2.23. The Balaban J connectivity index is 1.56.